The third-order valence-corrected chi connectivity index (χ3v) is 7.49. The van der Waals surface area contributed by atoms with E-state index in [1.807, 2.05) is 31.2 Å². The van der Waals surface area contributed by atoms with E-state index >= 15 is 0 Å². The van der Waals surface area contributed by atoms with Gasteiger partial charge in [0.05, 0.1) is 5.75 Å². The lowest BCUT2D eigenvalue weighted by Gasteiger charge is -2.35. The molecule has 4 nitrogen and oxygen atoms in total. The molecule has 2 aromatic carbocycles. The molecular formula is C23H26N2O2S2. The Bertz CT molecular complexity index is 1060. The highest BCUT2D eigenvalue weighted by Crippen LogP contribution is 2.29. The van der Waals surface area contributed by atoms with Crippen LogP contribution >= 0.6 is 11.3 Å². The zero-order chi connectivity index (χ0) is 20.3. The van der Waals surface area contributed by atoms with Gasteiger partial charge in [0.15, 0.2) is 0 Å². The number of sulfonamides is 1. The summed E-state index contributed by atoms with van der Waals surface area (Å²) in [6.45, 7) is 4.13. The molecule has 0 radical (unpaired) electrons. The van der Waals surface area contributed by atoms with Gasteiger partial charge in [-0.25, -0.2) is 13.1 Å². The first-order valence-corrected chi connectivity index (χ1v) is 12.5. The Kier molecular flexibility index (Phi) is 6.15. The number of hydrogen-bond acceptors (Lipinski definition) is 4. The average Bonchev–Trinajstić information content (AvgIpc) is 3.22. The minimum atomic E-state index is -3.41. The molecule has 6 heteroatoms. The summed E-state index contributed by atoms with van der Waals surface area (Å²) in [4.78, 5) is 2.39. The highest BCUT2D eigenvalue weighted by molar-refractivity contribution is 7.88. The van der Waals surface area contributed by atoms with Gasteiger partial charge in [0.25, 0.3) is 0 Å². The first-order valence-electron chi connectivity index (χ1n) is 9.86. The molecule has 3 aromatic rings. The molecule has 0 bridgehead atoms. The summed E-state index contributed by atoms with van der Waals surface area (Å²) in [6, 6.07) is 18.3. The van der Waals surface area contributed by atoms with Crippen LogP contribution in [0.3, 0.4) is 0 Å². The highest BCUT2D eigenvalue weighted by atomic mass is 32.2. The van der Waals surface area contributed by atoms with Crippen molar-refractivity contribution in [2.24, 2.45) is 0 Å². The molecule has 0 aliphatic carbocycles. The Morgan fingerprint density at radius 2 is 1.93 bits per heavy atom. The van der Waals surface area contributed by atoms with E-state index in [9.17, 15) is 8.42 Å². The number of hydrogen-bond donors (Lipinski definition) is 1. The van der Waals surface area contributed by atoms with Gasteiger partial charge in [0.2, 0.25) is 10.0 Å². The predicted octanol–water partition coefficient (Wildman–Crippen LogP) is 4.28. The molecule has 0 unspecified atom stereocenters. The number of nitrogens with one attached hydrogen (secondary N) is 1. The van der Waals surface area contributed by atoms with Gasteiger partial charge in [0, 0.05) is 25.7 Å². The Hall–Kier alpha value is -1.99. The van der Waals surface area contributed by atoms with Gasteiger partial charge in [0.1, 0.15) is 0 Å². The Morgan fingerprint density at radius 3 is 2.69 bits per heavy atom. The molecule has 1 N–H and O–H groups in total. The molecule has 1 atom stereocenters. The molecule has 0 saturated heterocycles. The second-order valence-electron chi connectivity index (χ2n) is 7.66. The molecule has 0 amide bonds. The van der Waals surface area contributed by atoms with Crippen LogP contribution in [-0.2, 0) is 28.7 Å². The van der Waals surface area contributed by atoms with Gasteiger partial charge in [-0.3, -0.25) is 4.90 Å². The smallest absolute Gasteiger partial charge is 0.215 e. The van der Waals surface area contributed by atoms with Crippen LogP contribution in [0.15, 0.2) is 65.4 Å². The number of nitrogens with zero attached hydrogens (tertiary/aromatic N) is 1. The van der Waals surface area contributed by atoms with Crippen LogP contribution in [0, 0.1) is 6.92 Å². The third kappa shape index (κ3) is 5.14. The van der Waals surface area contributed by atoms with Crippen LogP contribution in [0.25, 0.3) is 0 Å². The number of fused-ring (bicyclic) bond motifs is 1. The molecule has 4 rings (SSSR count). The van der Waals surface area contributed by atoms with E-state index in [0.717, 1.165) is 30.6 Å². The van der Waals surface area contributed by atoms with Gasteiger partial charge in [-0.05, 0) is 52.4 Å². The van der Waals surface area contributed by atoms with E-state index < -0.39 is 10.0 Å². The molecule has 0 spiro atoms. The van der Waals surface area contributed by atoms with Gasteiger partial charge in [-0.2, -0.15) is 11.3 Å². The van der Waals surface area contributed by atoms with Crippen LogP contribution in [0.5, 0.6) is 0 Å². The molecule has 0 fully saturated rings. The maximum atomic E-state index is 12.7. The van der Waals surface area contributed by atoms with Crippen molar-refractivity contribution in [1.29, 1.82) is 0 Å². The Balaban J connectivity index is 1.48. The third-order valence-electron chi connectivity index (χ3n) is 5.46. The number of aryl methyl sites for hydroxylation is 1. The summed E-state index contributed by atoms with van der Waals surface area (Å²) < 4.78 is 28.4. The summed E-state index contributed by atoms with van der Waals surface area (Å²) in [5.41, 5.74) is 5.79. The standard InChI is InChI=1S/C23H26N2O2S2/c1-18-5-4-6-19(13-18)17-29(26,27)24-14-23(22-10-12-28-16-22)25-11-9-20-7-2-3-8-21(20)15-25/h2-8,10,12-13,16,23-24H,9,11,14-15,17H2,1H3/t23-/m1/s1. The fourth-order valence-electron chi connectivity index (χ4n) is 3.98. The first-order chi connectivity index (χ1) is 14.0. The van der Waals surface area contributed by atoms with Crippen molar-refractivity contribution in [2.45, 2.75) is 31.7 Å². The maximum absolute atomic E-state index is 12.7. The zero-order valence-corrected chi connectivity index (χ0v) is 18.2. The first kappa shape index (κ1) is 20.3. The van der Waals surface area contributed by atoms with Crippen LogP contribution in [0.1, 0.15) is 33.9 Å². The molecule has 1 aliphatic rings. The maximum Gasteiger partial charge on any atom is 0.215 e. The zero-order valence-electron chi connectivity index (χ0n) is 16.5. The van der Waals surface area contributed by atoms with Crippen molar-refractivity contribution in [1.82, 2.24) is 9.62 Å². The van der Waals surface area contributed by atoms with Crippen LogP contribution in [0.2, 0.25) is 0 Å². The van der Waals surface area contributed by atoms with E-state index in [-0.39, 0.29) is 11.8 Å². The molecule has 2 heterocycles. The monoisotopic (exact) mass is 426 g/mol. The van der Waals surface area contributed by atoms with Crippen molar-refractivity contribution < 1.29 is 8.42 Å². The van der Waals surface area contributed by atoms with Crippen molar-refractivity contribution in [3.8, 4) is 0 Å². The van der Waals surface area contributed by atoms with E-state index in [2.05, 4.69) is 50.7 Å². The fraction of sp³-hybridized carbons (Fsp3) is 0.304. The predicted molar refractivity (Wildman–Crippen MR) is 119 cm³/mol. The van der Waals surface area contributed by atoms with E-state index in [0.29, 0.717) is 6.54 Å². The fourth-order valence-corrected chi connectivity index (χ4v) is 5.82. The summed E-state index contributed by atoms with van der Waals surface area (Å²) in [5.74, 6) is 0.00781. The normalized spacial score (nSPS) is 15.8. The molecule has 0 saturated carbocycles. The summed E-state index contributed by atoms with van der Waals surface area (Å²) >= 11 is 1.65. The lowest BCUT2D eigenvalue weighted by molar-refractivity contribution is 0.180. The Morgan fingerprint density at radius 1 is 1.10 bits per heavy atom. The number of thiophene rings is 1. The van der Waals surface area contributed by atoms with Crippen LogP contribution < -0.4 is 4.72 Å². The van der Waals surface area contributed by atoms with Gasteiger partial charge in [-0.15, -0.1) is 0 Å². The summed E-state index contributed by atoms with van der Waals surface area (Å²) in [6.07, 6.45) is 0.993. The molecule has 29 heavy (non-hydrogen) atoms. The minimum absolute atomic E-state index is 0.00781. The lowest BCUT2D eigenvalue weighted by Crippen LogP contribution is -2.40. The Labute approximate surface area is 177 Å². The van der Waals surface area contributed by atoms with Crippen molar-refractivity contribution >= 4 is 21.4 Å². The van der Waals surface area contributed by atoms with Crippen LogP contribution in [0.4, 0.5) is 0 Å². The highest BCUT2D eigenvalue weighted by Gasteiger charge is 2.26. The largest absolute Gasteiger partial charge is 0.290 e. The van der Waals surface area contributed by atoms with E-state index in [1.165, 1.54) is 16.7 Å². The van der Waals surface area contributed by atoms with Crippen molar-refractivity contribution in [3.05, 3.63) is 93.2 Å². The lowest BCUT2D eigenvalue weighted by atomic mass is 9.97. The minimum Gasteiger partial charge on any atom is -0.290 e. The van der Waals surface area contributed by atoms with Crippen molar-refractivity contribution in [2.75, 3.05) is 13.1 Å². The molecule has 1 aromatic heterocycles. The summed E-state index contributed by atoms with van der Waals surface area (Å²) in [7, 11) is -3.41. The van der Waals surface area contributed by atoms with E-state index in [1.54, 1.807) is 11.3 Å². The van der Waals surface area contributed by atoms with Gasteiger partial charge in [-0.1, -0.05) is 54.1 Å². The molecule has 152 valence electrons. The SMILES string of the molecule is Cc1cccc(CS(=O)(=O)NC[C@H](c2ccsc2)N2CCc3ccccc3C2)c1. The second kappa shape index (κ2) is 8.79. The quantitative estimate of drug-likeness (QED) is 0.614. The van der Waals surface area contributed by atoms with Crippen LogP contribution in [-0.4, -0.2) is 26.4 Å². The van der Waals surface area contributed by atoms with Gasteiger partial charge >= 0.3 is 0 Å². The number of benzene rings is 2. The van der Waals surface area contributed by atoms with Gasteiger partial charge < -0.3 is 0 Å². The second-order valence-corrected chi connectivity index (χ2v) is 10.2. The topological polar surface area (TPSA) is 49.4 Å². The molecule has 1 aliphatic heterocycles. The number of rotatable bonds is 7. The average molecular weight is 427 g/mol. The van der Waals surface area contributed by atoms with Crippen molar-refractivity contribution in [3.63, 3.8) is 0 Å². The molecular weight excluding hydrogens is 400 g/mol. The van der Waals surface area contributed by atoms with E-state index in [4.69, 9.17) is 0 Å². The summed E-state index contributed by atoms with van der Waals surface area (Å²) in [5, 5.41) is 4.18.